The molecular formula is C22H29BrClNO2S. The summed E-state index contributed by atoms with van der Waals surface area (Å²) in [6, 6.07) is 8.64. The molecule has 1 unspecified atom stereocenters. The Morgan fingerprint density at radius 3 is 2.54 bits per heavy atom. The molecule has 0 amide bonds. The lowest BCUT2D eigenvalue weighted by molar-refractivity contribution is -0.944. The van der Waals surface area contributed by atoms with Crippen molar-refractivity contribution in [3.05, 3.63) is 34.2 Å². The van der Waals surface area contributed by atoms with Gasteiger partial charge in [0.1, 0.15) is 17.5 Å². The molecule has 6 heteroatoms. The summed E-state index contributed by atoms with van der Waals surface area (Å²) in [5.74, 6) is -0.269. The maximum atomic E-state index is 12.8. The zero-order chi connectivity index (χ0) is 18.9. The van der Waals surface area contributed by atoms with Crippen LogP contribution >= 0.6 is 22.9 Å². The summed E-state index contributed by atoms with van der Waals surface area (Å²) in [7, 11) is 0. The number of thiophene rings is 1. The van der Waals surface area contributed by atoms with Gasteiger partial charge in [-0.05, 0) is 38.7 Å². The average Bonchev–Trinajstić information content (AvgIpc) is 3.28. The van der Waals surface area contributed by atoms with Gasteiger partial charge in [0.05, 0.1) is 24.2 Å². The van der Waals surface area contributed by atoms with Crippen LogP contribution in [0.3, 0.4) is 0 Å². The molecule has 1 aliphatic carbocycles. The molecule has 1 atom stereocenters. The number of benzene rings is 1. The molecule has 4 rings (SSSR count). The first kappa shape index (κ1) is 22.1. The van der Waals surface area contributed by atoms with Gasteiger partial charge in [0.15, 0.2) is 0 Å². The van der Waals surface area contributed by atoms with Crippen molar-refractivity contribution in [3.8, 4) is 0 Å². The monoisotopic (exact) mass is 485 g/mol. The van der Waals surface area contributed by atoms with Crippen LogP contribution in [0, 0.1) is 0 Å². The summed E-state index contributed by atoms with van der Waals surface area (Å²) in [6.07, 6.45) is 9.29. The molecule has 1 saturated carbocycles. The second-order valence-corrected chi connectivity index (χ2v) is 9.73. The number of carbonyl (C=O) groups is 1. The lowest BCUT2D eigenvalue weighted by Gasteiger charge is -2.44. The average molecular weight is 487 g/mol. The Morgan fingerprint density at radius 1 is 1.18 bits per heavy atom. The smallest absolute Gasteiger partial charge is 0.350 e. The number of nitrogens with zero attached hydrogens (tertiary/aromatic N) is 1. The number of esters is 1. The van der Waals surface area contributed by atoms with E-state index in [1.807, 2.05) is 24.3 Å². The van der Waals surface area contributed by atoms with E-state index in [9.17, 15) is 4.79 Å². The molecule has 3 nitrogen and oxygen atoms in total. The van der Waals surface area contributed by atoms with Gasteiger partial charge in [-0.15, -0.1) is 11.3 Å². The van der Waals surface area contributed by atoms with Crippen molar-refractivity contribution in [1.82, 2.24) is 0 Å². The molecular weight excluding hydrogens is 458 g/mol. The van der Waals surface area contributed by atoms with Crippen LogP contribution in [0.2, 0.25) is 5.02 Å². The molecule has 0 N–H and O–H groups in total. The number of carbonyl (C=O) groups excluding carboxylic acids is 1. The second kappa shape index (κ2) is 9.46. The second-order valence-electron chi connectivity index (χ2n) is 8.30. The number of quaternary nitrogens is 1. The third kappa shape index (κ3) is 4.43. The van der Waals surface area contributed by atoms with Crippen LogP contribution in [0.4, 0.5) is 0 Å². The summed E-state index contributed by atoms with van der Waals surface area (Å²) in [6.45, 7) is 5.49. The summed E-state index contributed by atoms with van der Waals surface area (Å²) in [5.41, 5.74) is 0. The molecule has 0 bridgehead atoms. The van der Waals surface area contributed by atoms with Crippen molar-refractivity contribution in [2.75, 3.05) is 19.6 Å². The number of fused-ring (bicyclic) bond motifs is 1. The maximum Gasteiger partial charge on any atom is 0.350 e. The molecule has 2 fully saturated rings. The molecule has 1 aromatic heterocycles. The number of hydrogen-bond acceptors (Lipinski definition) is 3. The maximum absolute atomic E-state index is 12.8. The number of likely N-dealkylation sites (tertiary alicyclic amines) is 1. The van der Waals surface area contributed by atoms with Crippen molar-refractivity contribution < 1.29 is 31.0 Å². The highest BCUT2D eigenvalue weighted by atomic mass is 79.9. The standard InChI is InChI=1S/C22H29ClNO2S.BrH/c1-16(15-24(13-7-8-14-24)17-9-3-2-4-10-17)26-22(25)21-20(23)18-11-5-6-12-19(18)27-21;/h5-6,11-12,16-17H,2-4,7-10,13-15H2,1H3;1H/q+1;/p-1. The Balaban J connectivity index is 0.00000225. The third-order valence-corrected chi connectivity index (χ3v) is 8.11. The largest absolute Gasteiger partial charge is 1.00 e. The molecule has 1 aliphatic heterocycles. The first-order valence-corrected chi connectivity index (χ1v) is 11.5. The minimum Gasteiger partial charge on any atom is -1.00 e. The fourth-order valence-electron chi connectivity index (χ4n) is 5.22. The number of halogens is 2. The van der Waals surface area contributed by atoms with Gasteiger partial charge in [0, 0.05) is 22.9 Å². The van der Waals surface area contributed by atoms with E-state index in [4.69, 9.17) is 16.3 Å². The van der Waals surface area contributed by atoms with E-state index < -0.39 is 0 Å². The molecule has 1 saturated heterocycles. The summed E-state index contributed by atoms with van der Waals surface area (Å²) >= 11 is 7.89. The Kier molecular flexibility index (Phi) is 7.46. The minimum atomic E-state index is -0.269. The molecule has 1 aromatic carbocycles. The van der Waals surface area contributed by atoms with Gasteiger partial charge < -0.3 is 26.2 Å². The van der Waals surface area contributed by atoms with Crippen molar-refractivity contribution in [2.24, 2.45) is 0 Å². The Hall–Kier alpha value is -0.620. The molecule has 154 valence electrons. The Bertz CT molecular complexity index is 812. The fraction of sp³-hybridized carbons (Fsp3) is 0.591. The van der Waals surface area contributed by atoms with Crippen LogP contribution in [0.5, 0.6) is 0 Å². The van der Waals surface area contributed by atoms with Gasteiger partial charge in [0.2, 0.25) is 0 Å². The number of ether oxygens (including phenoxy) is 1. The topological polar surface area (TPSA) is 26.3 Å². The first-order valence-electron chi connectivity index (χ1n) is 10.3. The SMILES string of the molecule is CC(C[N+]1(C2CCCCC2)CCCC1)OC(=O)c1sc2ccccc2c1Cl.[Br-]. The predicted octanol–water partition coefficient (Wildman–Crippen LogP) is 3.05. The quantitative estimate of drug-likeness (QED) is 0.480. The van der Waals surface area contributed by atoms with E-state index in [1.54, 1.807) is 0 Å². The van der Waals surface area contributed by atoms with Crippen LogP contribution in [-0.4, -0.2) is 42.2 Å². The Labute approximate surface area is 187 Å². The third-order valence-electron chi connectivity index (χ3n) is 6.46. The number of hydrogen-bond donors (Lipinski definition) is 0. The van der Waals surface area contributed by atoms with E-state index in [0.29, 0.717) is 9.90 Å². The molecule has 2 heterocycles. The van der Waals surface area contributed by atoms with E-state index in [0.717, 1.165) is 27.2 Å². The molecule has 2 aromatic rings. The normalized spacial score (nSPS) is 20.6. The zero-order valence-electron chi connectivity index (χ0n) is 16.5. The van der Waals surface area contributed by atoms with Crippen LogP contribution in [0.1, 0.15) is 61.5 Å². The zero-order valence-corrected chi connectivity index (χ0v) is 19.6. The van der Waals surface area contributed by atoms with Crippen LogP contribution in [-0.2, 0) is 4.74 Å². The summed E-state index contributed by atoms with van der Waals surface area (Å²) in [4.78, 5) is 13.3. The molecule has 0 radical (unpaired) electrons. The van der Waals surface area contributed by atoms with Crippen LogP contribution < -0.4 is 17.0 Å². The highest BCUT2D eigenvalue weighted by Gasteiger charge is 2.42. The van der Waals surface area contributed by atoms with Gasteiger partial charge in [-0.3, -0.25) is 0 Å². The van der Waals surface area contributed by atoms with Crippen molar-refractivity contribution >= 4 is 39.0 Å². The highest BCUT2D eigenvalue weighted by molar-refractivity contribution is 7.21. The van der Waals surface area contributed by atoms with Gasteiger partial charge >= 0.3 is 5.97 Å². The molecule has 0 spiro atoms. The predicted molar refractivity (Wildman–Crippen MR) is 113 cm³/mol. The van der Waals surface area contributed by atoms with Crippen molar-refractivity contribution in [3.63, 3.8) is 0 Å². The van der Waals surface area contributed by atoms with E-state index in [-0.39, 0.29) is 29.1 Å². The van der Waals surface area contributed by atoms with Crippen molar-refractivity contribution in [1.29, 1.82) is 0 Å². The number of rotatable bonds is 5. The van der Waals surface area contributed by atoms with Gasteiger partial charge in [0.25, 0.3) is 0 Å². The lowest BCUT2D eigenvalue weighted by atomic mass is 9.92. The van der Waals surface area contributed by atoms with E-state index in [2.05, 4.69) is 6.92 Å². The molecule has 2 aliphatic rings. The van der Waals surface area contributed by atoms with Gasteiger partial charge in [-0.1, -0.05) is 36.2 Å². The van der Waals surface area contributed by atoms with E-state index in [1.165, 1.54) is 69.4 Å². The van der Waals surface area contributed by atoms with Crippen LogP contribution in [0.15, 0.2) is 24.3 Å². The van der Waals surface area contributed by atoms with Crippen molar-refractivity contribution in [2.45, 2.75) is 64.0 Å². The van der Waals surface area contributed by atoms with Gasteiger partial charge in [-0.25, -0.2) is 4.79 Å². The Morgan fingerprint density at radius 2 is 1.86 bits per heavy atom. The van der Waals surface area contributed by atoms with Crippen LogP contribution in [0.25, 0.3) is 10.1 Å². The summed E-state index contributed by atoms with van der Waals surface area (Å²) in [5, 5.41) is 1.47. The summed E-state index contributed by atoms with van der Waals surface area (Å²) < 4.78 is 8.09. The lowest BCUT2D eigenvalue weighted by Crippen LogP contribution is -3.00. The fourth-order valence-corrected chi connectivity index (χ4v) is 6.61. The minimum absolute atomic E-state index is 0. The first-order chi connectivity index (χ1) is 13.1. The van der Waals surface area contributed by atoms with E-state index >= 15 is 0 Å². The highest BCUT2D eigenvalue weighted by Crippen LogP contribution is 2.37. The van der Waals surface area contributed by atoms with Gasteiger partial charge in [-0.2, -0.15) is 0 Å². The molecule has 28 heavy (non-hydrogen) atoms.